The molecule has 0 unspecified atom stereocenters. The molecule has 2 N–H and O–H groups in total. The lowest BCUT2D eigenvalue weighted by molar-refractivity contribution is -0.114. The van der Waals surface area contributed by atoms with Crippen LogP contribution in [0.15, 0.2) is 41.4 Å². The average Bonchev–Trinajstić information content (AvgIpc) is 2.63. The molecule has 2 aromatic rings. The number of nitrogens with one attached hydrogen (secondary N) is 2. The summed E-state index contributed by atoms with van der Waals surface area (Å²) in [6, 6.07) is 7.71. The Kier molecular flexibility index (Phi) is 7.43. The summed E-state index contributed by atoms with van der Waals surface area (Å²) in [6.07, 6.45) is 1.42. The van der Waals surface area contributed by atoms with Crippen LogP contribution in [0.3, 0.4) is 0 Å². The van der Waals surface area contributed by atoms with Crippen LogP contribution >= 0.6 is 23.2 Å². The van der Waals surface area contributed by atoms with Crippen molar-refractivity contribution < 1.29 is 13.2 Å². The number of aromatic nitrogens is 1. The second kappa shape index (κ2) is 9.36. The smallest absolute Gasteiger partial charge is 0.244 e. The molecule has 1 aromatic carbocycles. The first-order valence-corrected chi connectivity index (χ1v) is 10.4. The molecule has 0 aliphatic rings. The van der Waals surface area contributed by atoms with Gasteiger partial charge in [-0.15, -0.1) is 0 Å². The topological polar surface area (TPSA) is 91.4 Å². The van der Waals surface area contributed by atoms with E-state index < -0.39 is 10.0 Å². The highest BCUT2D eigenvalue weighted by atomic mass is 35.5. The van der Waals surface area contributed by atoms with Crippen molar-refractivity contribution in [3.8, 4) is 0 Å². The average molecular weight is 431 g/mol. The van der Waals surface area contributed by atoms with Gasteiger partial charge in [-0.3, -0.25) is 4.79 Å². The Morgan fingerprint density at radius 2 is 1.85 bits per heavy atom. The molecule has 1 amide bonds. The van der Waals surface area contributed by atoms with E-state index in [-0.39, 0.29) is 22.4 Å². The van der Waals surface area contributed by atoms with Crippen LogP contribution in [0, 0.1) is 0 Å². The predicted octanol–water partition coefficient (Wildman–Crippen LogP) is 3.47. The van der Waals surface area contributed by atoms with Crippen molar-refractivity contribution in [2.45, 2.75) is 18.7 Å². The van der Waals surface area contributed by atoms with Crippen LogP contribution in [0.4, 0.5) is 11.5 Å². The number of amides is 1. The fourth-order valence-corrected chi connectivity index (χ4v) is 4.40. The van der Waals surface area contributed by atoms with E-state index in [4.69, 9.17) is 23.2 Å². The van der Waals surface area contributed by atoms with E-state index in [9.17, 15) is 13.2 Å². The van der Waals surface area contributed by atoms with Crippen LogP contribution in [0.2, 0.25) is 10.0 Å². The lowest BCUT2D eigenvalue weighted by Gasteiger charge is -2.19. The summed E-state index contributed by atoms with van der Waals surface area (Å²) in [5.74, 6) is 0.0278. The minimum absolute atomic E-state index is 0.00218. The first-order chi connectivity index (χ1) is 12.8. The summed E-state index contributed by atoms with van der Waals surface area (Å²) in [4.78, 5) is 16.0. The second-order valence-corrected chi connectivity index (χ2v) is 8.25. The molecule has 1 aromatic heterocycles. The number of pyridine rings is 1. The van der Waals surface area contributed by atoms with E-state index in [1.54, 1.807) is 32.0 Å². The number of hydrogen-bond donors (Lipinski definition) is 2. The number of carbonyl (C=O) groups excluding carboxylic acids is 1. The van der Waals surface area contributed by atoms with Gasteiger partial charge in [-0.25, -0.2) is 13.4 Å². The Bertz CT molecular complexity index is 901. The van der Waals surface area contributed by atoms with Crippen LogP contribution in [-0.2, 0) is 14.8 Å². The lowest BCUT2D eigenvalue weighted by Crippen LogP contribution is -2.31. The molecule has 0 bridgehead atoms. The van der Waals surface area contributed by atoms with E-state index in [0.717, 1.165) is 0 Å². The summed E-state index contributed by atoms with van der Waals surface area (Å²) < 4.78 is 26.7. The monoisotopic (exact) mass is 430 g/mol. The van der Waals surface area contributed by atoms with Gasteiger partial charge in [-0.05, 0) is 30.3 Å². The molecule has 0 spiro atoms. The minimum Gasteiger partial charge on any atom is -0.376 e. The Morgan fingerprint density at radius 1 is 1.15 bits per heavy atom. The third-order valence-corrected chi connectivity index (χ3v) is 6.46. The molecule has 0 aliphatic carbocycles. The van der Waals surface area contributed by atoms with Gasteiger partial charge in [0.05, 0.1) is 16.6 Å². The Hall–Kier alpha value is -1.87. The van der Waals surface area contributed by atoms with E-state index >= 15 is 0 Å². The van der Waals surface area contributed by atoms with Gasteiger partial charge >= 0.3 is 0 Å². The fraction of sp³-hybridized carbons (Fsp3) is 0.294. The van der Waals surface area contributed by atoms with Gasteiger partial charge in [0.2, 0.25) is 15.9 Å². The molecule has 0 atom stereocenters. The lowest BCUT2D eigenvalue weighted by atomic mass is 10.3. The normalized spacial score (nSPS) is 11.4. The third-order valence-electron chi connectivity index (χ3n) is 3.70. The Labute approximate surface area is 168 Å². The van der Waals surface area contributed by atoms with Crippen molar-refractivity contribution in [1.29, 1.82) is 0 Å². The van der Waals surface area contributed by atoms with Gasteiger partial charge in [-0.1, -0.05) is 37.0 Å². The van der Waals surface area contributed by atoms with Gasteiger partial charge in [-0.2, -0.15) is 4.31 Å². The first-order valence-electron chi connectivity index (χ1n) is 8.23. The molecule has 1 heterocycles. The SMILES string of the molecule is CCN(CC)S(=O)(=O)c1cc(NCC(=O)Nc2ccc(Cl)cn2)ccc1Cl. The van der Waals surface area contributed by atoms with Gasteiger partial charge in [0.1, 0.15) is 10.7 Å². The third kappa shape index (κ3) is 5.55. The molecule has 10 heteroatoms. The number of sulfonamides is 1. The summed E-state index contributed by atoms with van der Waals surface area (Å²) in [5, 5.41) is 6.09. The zero-order chi connectivity index (χ0) is 20.0. The molecule has 0 saturated carbocycles. The van der Waals surface area contributed by atoms with E-state index in [1.807, 2.05) is 0 Å². The van der Waals surface area contributed by atoms with E-state index in [1.165, 1.54) is 22.6 Å². The highest BCUT2D eigenvalue weighted by Crippen LogP contribution is 2.27. The Morgan fingerprint density at radius 3 is 2.44 bits per heavy atom. The zero-order valence-corrected chi connectivity index (χ0v) is 17.2. The molecule has 0 fully saturated rings. The van der Waals surface area contributed by atoms with Crippen molar-refractivity contribution in [2.75, 3.05) is 30.3 Å². The molecule has 0 aliphatic heterocycles. The number of benzene rings is 1. The quantitative estimate of drug-likeness (QED) is 0.668. The number of anilines is 2. The van der Waals surface area contributed by atoms with Crippen LogP contribution in [0.25, 0.3) is 0 Å². The minimum atomic E-state index is -3.71. The second-order valence-electron chi connectivity index (χ2n) is 5.50. The molecule has 0 saturated heterocycles. The summed E-state index contributed by atoms with van der Waals surface area (Å²) in [5.41, 5.74) is 0.462. The maximum Gasteiger partial charge on any atom is 0.244 e. The molecular formula is C17H20Cl2N4O3S. The number of carbonyl (C=O) groups is 1. The van der Waals surface area contributed by atoms with Gasteiger partial charge < -0.3 is 10.6 Å². The van der Waals surface area contributed by atoms with Crippen LogP contribution in [-0.4, -0.2) is 43.2 Å². The van der Waals surface area contributed by atoms with E-state index in [0.29, 0.717) is 29.6 Å². The van der Waals surface area contributed by atoms with Crippen LogP contribution in [0.1, 0.15) is 13.8 Å². The number of nitrogens with zero attached hydrogens (tertiary/aromatic N) is 2. The first kappa shape index (κ1) is 21.4. The summed E-state index contributed by atoms with van der Waals surface area (Å²) in [6.45, 7) is 4.11. The van der Waals surface area contributed by atoms with E-state index in [2.05, 4.69) is 15.6 Å². The molecule has 7 nitrogen and oxygen atoms in total. The molecular weight excluding hydrogens is 411 g/mol. The van der Waals surface area contributed by atoms with Crippen molar-refractivity contribution in [3.05, 3.63) is 46.6 Å². The van der Waals surface area contributed by atoms with Gasteiger partial charge in [0, 0.05) is 25.0 Å². The van der Waals surface area contributed by atoms with Crippen LogP contribution in [0.5, 0.6) is 0 Å². The largest absolute Gasteiger partial charge is 0.376 e. The Balaban J connectivity index is 2.09. The number of hydrogen-bond acceptors (Lipinski definition) is 5. The van der Waals surface area contributed by atoms with Gasteiger partial charge in [0.25, 0.3) is 0 Å². The molecule has 146 valence electrons. The molecule has 27 heavy (non-hydrogen) atoms. The summed E-state index contributed by atoms with van der Waals surface area (Å²) in [7, 11) is -3.71. The highest BCUT2D eigenvalue weighted by Gasteiger charge is 2.24. The maximum atomic E-state index is 12.7. The van der Waals surface area contributed by atoms with Crippen molar-refractivity contribution in [2.24, 2.45) is 0 Å². The number of rotatable bonds is 8. The van der Waals surface area contributed by atoms with Crippen LogP contribution < -0.4 is 10.6 Å². The zero-order valence-electron chi connectivity index (χ0n) is 14.9. The van der Waals surface area contributed by atoms with Crippen molar-refractivity contribution in [1.82, 2.24) is 9.29 Å². The standard InChI is InChI=1S/C17H20Cl2N4O3S/c1-3-23(4-2)27(25,26)15-9-13(6-7-14(15)19)20-11-17(24)22-16-8-5-12(18)10-21-16/h5-10,20H,3-4,11H2,1-2H3,(H,21,22,24). The molecule has 2 rings (SSSR count). The molecule has 0 radical (unpaired) electrons. The summed E-state index contributed by atoms with van der Waals surface area (Å²) >= 11 is 11.8. The van der Waals surface area contributed by atoms with Gasteiger partial charge in [0.15, 0.2) is 0 Å². The fourth-order valence-electron chi connectivity index (χ4n) is 2.33. The van der Waals surface area contributed by atoms with Crippen molar-refractivity contribution in [3.63, 3.8) is 0 Å². The highest BCUT2D eigenvalue weighted by molar-refractivity contribution is 7.89. The van der Waals surface area contributed by atoms with Crippen molar-refractivity contribution >= 4 is 50.6 Å². The maximum absolute atomic E-state index is 12.7. The predicted molar refractivity (Wildman–Crippen MR) is 108 cm³/mol. The number of halogens is 2.